The number of urea groups is 1. The zero-order valence-electron chi connectivity index (χ0n) is 9.85. The number of ether oxygens (including phenoxy) is 1. The first-order chi connectivity index (χ1) is 8.22. The molecule has 5 heteroatoms. The van der Waals surface area contributed by atoms with Crippen molar-refractivity contribution in [2.75, 3.05) is 25.6 Å². The van der Waals surface area contributed by atoms with Crippen molar-refractivity contribution in [3.63, 3.8) is 0 Å². The topological polar surface area (TPSA) is 70.6 Å². The summed E-state index contributed by atoms with van der Waals surface area (Å²) in [5, 5.41) is 14.7. The number of hydrogen-bond donors (Lipinski definition) is 3. The van der Waals surface area contributed by atoms with Gasteiger partial charge in [0.25, 0.3) is 0 Å². The predicted molar refractivity (Wildman–Crippen MR) is 66.0 cm³/mol. The number of anilines is 1. The van der Waals surface area contributed by atoms with Gasteiger partial charge < -0.3 is 20.5 Å². The number of hydrogen-bond acceptors (Lipinski definition) is 3. The minimum atomic E-state index is -0.544. The number of benzene rings is 1. The molecule has 1 aromatic rings. The number of rotatable bonds is 6. The van der Waals surface area contributed by atoms with E-state index in [4.69, 9.17) is 4.74 Å². The molecule has 0 heterocycles. The highest BCUT2D eigenvalue weighted by Gasteiger charge is 2.04. The maximum absolute atomic E-state index is 11.4. The maximum atomic E-state index is 11.4. The van der Waals surface area contributed by atoms with Crippen LogP contribution < -0.4 is 10.6 Å². The second-order valence-electron chi connectivity index (χ2n) is 3.64. The molecular weight excluding hydrogens is 220 g/mol. The van der Waals surface area contributed by atoms with Crippen molar-refractivity contribution in [1.82, 2.24) is 5.32 Å². The Labute approximate surface area is 101 Å². The lowest BCUT2D eigenvalue weighted by atomic mass is 10.3. The number of nitrogens with one attached hydrogen (secondary N) is 2. The molecule has 1 atom stereocenters. The van der Waals surface area contributed by atoms with Crippen LogP contribution >= 0.6 is 0 Å². The van der Waals surface area contributed by atoms with Crippen LogP contribution in [0.15, 0.2) is 30.3 Å². The van der Waals surface area contributed by atoms with E-state index in [9.17, 15) is 9.90 Å². The van der Waals surface area contributed by atoms with E-state index in [0.29, 0.717) is 13.0 Å². The molecule has 17 heavy (non-hydrogen) atoms. The quantitative estimate of drug-likeness (QED) is 0.697. The molecule has 0 radical (unpaired) electrons. The lowest BCUT2D eigenvalue weighted by Crippen LogP contribution is -2.32. The van der Waals surface area contributed by atoms with Crippen molar-refractivity contribution in [2.24, 2.45) is 0 Å². The summed E-state index contributed by atoms with van der Waals surface area (Å²) in [6, 6.07) is 8.90. The van der Waals surface area contributed by atoms with Gasteiger partial charge in [0.15, 0.2) is 0 Å². The van der Waals surface area contributed by atoms with E-state index in [-0.39, 0.29) is 12.6 Å². The van der Waals surface area contributed by atoms with Gasteiger partial charge in [0.2, 0.25) is 0 Å². The van der Waals surface area contributed by atoms with Crippen LogP contribution in [0.3, 0.4) is 0 Å². The number of carbonyl (C=O) groups is 1. The third-order valence-electron chi connectivity index (χ3n) is 2.15. The maximum Gasteiger partial charge on any atom is 0.319 e. The molecule has 2 amide bonds. The smallest absolute Gasteiger partial charge is 0.319 e. The Morgan fingerprint density at radius 1 is 1.41 bits per heavy atom. The van der Waals surface area contributed by atoms with E-state index in [2.05, 4.69) is 10.6 Å². The molecule has 0 saturated heterocycles. The Morgan fingerprint density at radius 2 is 2.12 bits per heavy atom. The third-order valence-corrected chi connectivity index (χ3v) is 2.15. The summed E-state index contributed by atoms with van der Waals surface area (Å²) in [6.45, 7) is 0.686. The highest BCUT2D eigenvalue weighted by molar-refractivity contribution is 5.89. The lowest BCUT2D eigenvalue weighted by Gasteiger charge is -2.10. The Morgan fingerprint density at radius 3 is 2.76 bits per heavy atom. The molecule has 1 rings (SSSR count). The zero-order valence-corrected chi connectivity index (χ0v) is 9.85. The monoisotopic (exact) mass is 238 g/mol. The van der Waals surface area contributed by atoms with Crippen LogP contribution in [0.25, 0.3) is 0 Å². The summed E-state index contributed by atoms with van der Waals surface area (Å²) >= 11 is 0. The average Bonchev–Trinajstić information content (AvgIpc) is 2.30. The predicted octanol–water partition coefficient (Wildman–Crippen LogP) is 1.21. The van der Waals surface area contributed by atoms with Crippen LogP contribution in [0.2, 0.25) is 0 Å². The van der Waals surface area contributed by atoms with Gasteiger partial charge in [0, 0.05) is 19.3 Å². The number of carbonyl (C=O) groups excluding carboxylic acids is 1. The third kappa shape index (κ3) is 5.89. The van der Waals surface area contributed by atoms with E-state index in [1.54, 1.807) is 12.1 Å². The Bertz CT molecular complexity index is 330. The van der Waals surface area contributed by atoms with Gasteiger partial charge in [-0.3, -0.25) is 0 Å². The summed E-state index contributed by atoms with van der Waals surface area (Å²) in [7, 11) is 1.53. The molecule has 0 aromatic heterocycles. The molecule has 0 spiro atoms. The number of para-hydroxylation sites is 1. The largest absolute Gasteiger partial charge is 0.391 e. The summed E-state index contributed by atoms with van der Waals surface area (Å²) in [5.41, 5.74) is 0.738. The number of aliphatic hydroxyl groups excluding tert-OH is 1. The van der Waals surface area contributed by atoms with Gasteiger partial charge in [-0.25, -0.2) is 4.79 Å². The fraction of sp³-hybridized carbons (Fsp3) is 0.417. The minimum absolute atomic E-state index is 0.277. The SMILES string of the molecule is COCC(O)CCNC(=O)Nc1ccccc1. The number of aliphatic hydroxyl groups is 1. The Balaban J connectivity index is 2.18. The molecule has 0 aliphatic rings. The first kappa shape index (κ1) is 13.5. The molecule has 0 aliphatic heterocycles. The van der Waals surface area contributed by atoms with Gasteiger partial charge in [-0.15, -0.1) is 0 Å². The van der Waals surface area contributed by atoms with Crippen molar-refractivity contribution in [2.45, 2.75) is 12.5 Å². The van der Waals surface area contributed by atoms with Crippen molar-refractivity contribution in [1.29, 1.82) is 0 Å². The number of methoxy groups -OCH3 is 1. The van der Waals surface area contributed by atoms with Crippen molar-refractivity contribution < 1.29 is 14.6 Å². The van der Waals surface area contributed by atoms with Crippen LogP contribution in [-0.2, 0) is 4.74 Å². The van der Waals surface area contributed by atoms with Crippen LogP contribution in [0.1, 0.15) is 6.42 Å². The highest BCUT2D eigenvalue weighted by atomic mass is 16.5. The molecular formula is C12H18N2O3. The molecule has 5 nitrogen and oxygen atoms in total. The van der Waals surface area contributed by atoms with Crippen molar-refractivity contribution >= 4 is 11.7 Å². The molecule has 0 fully saturated rings. The van der Waals surface area contributed by atoms with Crippen LogP contribution in [0.5, 0.6) is 0 Å². The fourth-order valence-electron chi connectivity index (χ4n) is 1.32. The standard InChI is InChI=1S/C12H18N2O3/c1-17-9-11(15)7-8-13-12(16)14-10-5-3-2-4-6-10/h2-6,11,15H,7-9H2,1H3,(H2,13,14,16). The summed E-state index contributed by atoms with van der Waals surface area (Å²) in [5.74, 6) is 0. The van der Waals surface area contributed by atoms with Gasteiger partial charge in [-0.1, -0.05) is 18.2 Å². The fourth-order valence-corrected chi connectivity index (χ4v) is 1.32. The van der Waals surface area contributed by atoms with E-state index in [1.807, 2.05) is 18.2 Å². The first-order valence-corrected chi connectivity index (χ1v) is 5.49. The molecule has 0 aliphatic carbocycles. The summed E-state index contributed by atoms with van der Waals surface area (Å²) in [6.07, 6.45) is -0.0761. The minimum Gasteiger partial charge on any atom is -0.391 e. The van der Waals surface area contributed by atoms with Crippen LogP contribution in [0.4, 0.5) is 10.5 Å². The van der Waals surface area contributed by atoms with Crippen LogP contribution in [0, 0.1) is 0 Å². The normalized spacial score (nSPS) is 11.9. The lowest BCUT2D eigenvalue weighted by molar-refractivity contribution is 0.0599. The number of amides is 2. The van der Waals surface area contributed by atoms with Crippen molar-refractivity contribution in [3.8, 4) is 0 Å². The highest BCUT2D eigenvalue weighted by Crippen LogP contribution is 2.04. The average molecular weight is 238 g/mol. The first-order valence-electron chi connectivity index (χ1n) is 5.49. The van der Waals surface area contributed by atoms with Gasteiger partial charge >= 0.3 is 6.03 Å². The molecule has 94 valence electrons. The molecule has 1 unspecified atom stereocenters. The Hall–Kier alpha value is -1.59. The summed E-state index contributed by atoms with van der Waals surface area (Å²) in [4.78, 5) is 11.4. The van der Waals surface area contributed by atoms with Gasteiger partial charge in [-0.2, -0.15) is 0 Å². The zero-order chi connectivity index (χ0) is 12.5. The second-order valence-corrected chi connectivity index (χ2v) is 3.64. The van der Waals surface area contributed by atoms with Gasteiger partial charge in [-0.05, 0) is 18.6 Å². The van der Waals surface area contributed by atoms with E-state index < -0.39 is 6.10 Å². The van der Waals surface area contributed by atoms with Gasteiger partial charge in [0.05, 0.1) is 12.7 Å². The molecule has 1 aromatic carbocycles. The van der Waals surface area contributed by atoms with E-state index in [0.717, 1.165) is 5.69 Å². The van der Waals surface area contributed by atoms with E-state index in [1.165, 1.54) is 7.11 Å². The van der Waals surface area contributed by atoms with Crippen molar-refractivity contribution in [3.05, 3.63) is 30.3 Å². The Kier molecular flexibility index (Phi) is 6.06. The van der Waals surface area contributed by atoms with Gasteiger partial charge in [0.1, 0.15) is 0 Å². The second kappa shape index (κ2) is 7.65. The molecule has 0 bridgehead atoms. The van der Waals surface area contributed by atoms with Crippen LogP contribution in [-0.4, -0.2) is 37.5 Å². The summed E-state index contributed by atoms with van der Waals surface area (Å²) < 4.78 is 4.78. The molecule has 3 N–H and O–H groups in total. The van der Waals surface area contributed by atoms with E-state index >= 15 is 0 Å². The molecule has 0 saturated carbocycles.